The molecule has 0 aliphatic carbocycles. The molecule has 0 aromatic heterocycles. The normalized spacial score (nSPS) is 10.0. The van der Waals surface area contributed by atoms with E-state index in [1.165, 1.54) is 19.2 Å². The quantitative estimate of drug-likeness (QED) is 0.850. The summed E-state index contributed by atoms with van der Waals surface area (Å²) in [6.45, 7) is 1.75. The zero-order chi connectivity index (χ0) is 15.4. The maximum atomic E-state index is 12.1. The molecule has 0 radical (unpaired) electrons. The topological polar surface area (TPSA) is 75.6 Å². The smallest absolute Gasteiger partial charge is 0.337 e. The number of aromatic hydroxyl groups is 1. The Morgan fingerprint density at radius 2 is 1.76 bits per heavy atom. The molecule has 1 amide bonds. The van der Waals surface area contributed by atoms with Crippen molar-refractivity contribution in [1.29, 1.82) is 0 Å². The number of benzene rings is 2. The number of methoxy groups -OCH3 is 1. The van der Waals surface area contributed by atoms with E-state index < -0.39 is 5.97 Å². The SMILES string of the molecule is COC(=O)c1ccc(NC(=O)c2ccc(O)cc2C)cc1. The number of carbonyl (C=O) groups excluding carboxylic acids is 2. The van der Waals surface area contributed by atoms with Crippen LogP contribution in [0.3, 0.4) is 0 Å². The van der Waals surface area contributed by atoms with Crippen molar-refractivity contribution in [3.05, 3.63) is 59.2 Å². The fourth-order valence-corrected chi connectivity index (χ4v) is 1.91. The lowest BCUT2D eigenvalue weighted by atomic mass is 10.1. The van der Waals surface area contributed by atoms with Crippen molar-refractivity contribution < 1.29 is 19.4 Å². The van der Waals surface area contributed by atoms with Gasteiger partial charge in [0.2, 0.25) is 0 Å². The Hall–Kier alpha value is -2.82. The zero-order valence-corrected chi connectivity index (χ0v) is 11.7. The summed E-state index contributed by atoms with van der Waals surface area (Å²) in [7, 11) is 1.31. The van der Waals surface area contributed by atoms with E-state index in [-0.39, 0.29) is 11.7 Å². The molecule has 0 fully saturated rings. The highest BCUT2D eigenvalue weighted by Gasteiger charge is 2.10. The van der Waals surface area contributed by atoms with E-state index in [1.54, 1.807) is 37.3 Å². The molecule has 0 aliphatic rings. The van der Waals surface area contributed by atoms with Crippen LogP contribution >= 0.6 is 0 Å². The van der Waals surface area contributed by atoms with Gasteiger partial charge < -0.3 is 15.2 Å². The van der Waals surface area contributed by atoms with Crippen LogP contribution < -0.4 is 5.32 Å². The summed E-state index contributed by atoms with van der Waals surface area (Å²) in [6.07, 6.45) is 0. The van der Waals surface area contributed by atoms with Crippen molar-refractivity contribution in [2.45, 2.75) is 6.92 Å². The van der Waals surface area contributed by atoms with E-state index >= 15 is 0 Å². The van der Waals surface area contributed by atoms with E-state index in [0.29, 0.717) is 22.4 Å². The highest BCUT2D eigenvalue weighted by atomic mass is 16.5. The Morgan fingerprint density at radius 1 is 1.10 bits per heavy atom. The fourth-order valence-electron chi connectivity index (χ4n) is 1.91. The van der Waals surface area contributed by atoms with E-state index in [0.717, 1.165) is 0 Å². The fraction of sp³-hybridized carbons (Fsp3) is 0.125. The number of nitrogens with one attached hydrogen (secondary N) is 1. The average molecular weight is 285 g/mol. The molecule has 2 N–H and O–H groups in total. The van der Waals surface area contributed by atoms with Crippen molar-refractivity contribution >= 4 is 17.6 Å². The van der Waals surface area contributed by atoms with Crippen molar-refractivity contribution in [1.82, 2.24) is 0 Å². The van der Waals surface area contributed by atoms with Crippen LogP contribution in [0.2, 0.25) is 0 Å². The summed E-state index contributed by atoms with van der Waals surface area (Å²) < 4.78 is 4.60. The third-order valence-electron chi connectivity index (χ3n) is 3.02. The first kappa shape index (κ1) is 14.6. The van der Waals surface area contributed by atoms with E-state index in [4.69, 9.17) is 0 Å². The molecule has 0 spiro atoms. The molecule has 5 nitrogen and oxygen atoms in total. The number of anilines is 1. The number of hydrogen-bond acceptors (Lipinski definition) is 4. The van der Waals surface area contributed by atoms with Crippen LogP contribution in [0.15, 0.2) is 42.5 Å². The second-order valence-electron chi connectivity index (χ2n) is 4.52. The number of hydrogen-bond donors (Lipinski definition) is 2. The molecule has 5 heteroatoms. The minimum absolute atomic E-state index is 0.117. The van der Waals surface area contributed by atoms with Gasteiger partial charge in [0.25, 0.3) is 5.91 Å². The van der Waals surface area contributed by atoms with Crippen molar-refractivity contribution in [3.63, 3.8) is 0 Å². The number of amides is 1. The number of esters is 1. The minimum Gasteiger partial charge on any atom is -0.508 e. The lowest BCUT2D eigenvalue weighted by Crippen LogP contribution is -2.13. The van der Waals surface area contributed by atoms with Gasteiger partial charge in [-0.05, 0) is 55.0 Å². The van der Waals surface area contributed by atoms with Crippen LogP contribution in [-0.2, 0) is 4.74 Å². The zero-order valence-electron chi connectivity index (χ0n) is 11.7. The van der Waals surface area contributed by atoms with Crippen LogP contribution in [-0.4, -0.2) is 24.1 Å². The van der Waals surface area contributed by atoms with Gasteiger partial charge in [0.05, 0.1) is 12.7 Å². The molecule has 108 valence electrons. The molecule has 0 saturated heterocycles. The predicted molar refractivity (Wildman–Crippen MR) is 78.6 cm³/mol. The van der Waals surface area contributed by atoms with Crippen molar-refractivity contribution in [2.24, 2.45) is 0 Å². The van der Waals surface area contributed by atoms with Crippen LogP contribution in [0.25, 0.3) is 0 Å². The molecule has 0 saturated carbocycles. The lowest BCUT2D eigenvalue weighted by Gasteiger charge is -2.08. The summed E-state index contributed by atoms with van der Waals surface area (Å²) in [5, 5.41) is 12.1. The second kappa shape index (κ2) is 6.09. The molecule has 0 aliphatic heterocycles. The number of phenolic OH excluding ortho intramolecular Hbond substituents is 1. The van der Waals surface area contributed by atoms with Gasteiger partial charge in [-0.2, -0.15) is 0 Å². The van der Waals surface area contributed by atoms with E-state index in [2.05, 4.69) is 10.1 Å². The molecule has 0 heterocycles. The van der Waals surface area contributed by atoms with E-state index in [1.807, 2.05) is 0 Å². The first-order valence-corrected chi connectivity index (χ1v) is 6.30. The van der Waals surface area contributed by atoms with Crippen LogP contribution in [0, 0.1) is 6.92 Å². The highest BCUT2D eigenvalue weighted by molar-refractivity contribution is 6.05. The van der Waals surface area contributed by atoms with Gasteiger partial charge in [-0.15, -0.1) is 0 Å². The molecule has 21 heavy (non-hydrogen) atoms. The summed E-state index contributed by atoms with van der Waals surface area (Å²) >= 11 is 0. The summed E-state index contributed by atoms with van der Waals surface area (Å²) in [4.78, 5) is 23.4. The molecule has 2 aromatic carbocycles. The lowest BCUT2D eigenvalue weighted by molar-refractivity contribution is 0.0600. The van der Waals surface area contributed by atoms with Crippen molar-refractivity contribution in [2.75, 3.05) is 12.4 Å². The number of carbonyl (C=O) groups is 2. The van der Waals surface area contributed by atoms with Gasteiger partial charge in [0.1, 0.15) is 5.75 Å². The molecular weight excluding hydrogens is 270 g/mol. The third kappa shape index (κ3) is 3.39. The monoisotopic (exact) mass is 285 g/mol. The number of phenols is 1. The maximum absolute atomic E-state index is 12.1. The standard InChI is InChI=1S/C16H15NO4/c1-10-9-13(18)7-8-14(10)15(19)17-12-5-3-11(4-6-12)16(20)21-2/h3-9,18H,1-2H3,(H,17,19). The molecular formula is C16H15NO4. The van der Waals surface area contributed by atoms with Crippen molar-refractivity contribution in [3.8, 4) is 5.75 Å². The maximum Gasteiger partial charge on any atom is 0.337 e. The van der Waals surface area contributed by atoms with Crippen LogP contribution in [0.4, 0.5) is 5.69 Å². The molecule has 0 bridgehead atoms. The molecule has 2 rings (SSSR count). The Balaban J connectivity index is 2.14. The van der Waals surface area contributed by atoms with Gasteiger partial charge in [-0.3, -0.25) is 4.79 Å². The number of aryl methyl sites for hydroxylation is 1. The first-order valence-electron chi connectivity index (χ1n) is 6.30. The van der Waals surface area contributed by atoms with Crippen LogP contribution in [0.5, 0.6) is 5.75 Å². The summed E-state index contributed by atoms with van der Waals surface area (Å²) in [6, 6.07) is 10.9. The van der Waals surface area contributed by atoms with Gasteiger partial charge in [-0.1, -0.05) is 0 Å². The Kier molecular flexibility index (Phi) is 4.23. The predicted octanol–water partition coefficient (Wildman–Crippen LogP) is 2.74. The Morgan fingerprint density at radius 3 is 2.33 bits per heavy atom. The largest absolute Gasteiger partial charge is 0.508 e. The number of ether oxygens (including phenoxy) is 1. The first-order chi connectivity index (χ1) is 10.0. The average Bonchev–Trinajstić information content (AvgIpc) is 2.47. The van der Waals surface area contributed by atoms with Gasteiger partial charge >= 0.3 is 5.97 Å². The summed E-state index contributed by atoms with van der Waals surface area (Å²) in [5.41, 5.74) is 2.14. The Labute approximate surface area is 122 Å². The van der Waals surface area contributed by atoms with Crippen LogP contribution in [0.1, 0.15) is 26.3 Å². The minimum atomic E-state index is -0.428. The van der Waals surface area contributed by atoms with E-state index in [9.17, 15) is 14.7 Å². The molecule has 0 unspecified atom stereocenters. The molecule has 0 atom stereocenters. The van der Waals surface area contributed by atoms with Gasteiger partial charge in [0, 0.05) is 11.3 Å². The summed E-state index contributed by atoms with van der Waals surface area (Å²) in [5.74, 6) is -0.591. The van der Waals surface area contributed by atoms with Gasteiger partial charge in [0.15, 0.2) is 0 Å². The highest BCUT2D eigenvalue weighted by Crippen LogP contribution is 2.18. The molecule has 2 aromatic rings. The third-order valence-corrected chi connectivity index (χ3v) is 3.02. The van der Waals surface area contributed by atoms with Gasteiger partial charge in [-0.25, -0.2) is 4.79 Å². The second-order valence-corrected chi connectivity index (χ2v) is 4.52. The number of rotatable bonds is 3. The Bertz CT molecular complexity index is 677.